The van der Waals surface area contributed by atoms with Gasteiger partial charge in [0.1, 0.15) is 18.3 Å². The first-order valence-electron chi connectivity index (χ1n) is 9.51. The van der Waals surface area contributed by atoms with E-state index < -0.39 is 36.7 Å². The van der Waals surface area contributed by atoms with Crippen molar-refractivity contribution in [2.24, 2.45) is 0 Å². The average Bonchev–Trinajstić information content (AvgIpc) is 2.74. The molecular formula is C22H26O7. The van der Waals surface area contributed by atoms with Crippen LogP contribution in [0.4, 0.5) is 0 Å². The van der Waals surface area contributed by atoms with Crippen LogP contribution in [0, 0.1) is 0 Å². The summed E-state index contributed by atoms with van der Waals surface area (Å²) >= 11 is 0. The number of benzene rings is 2. The Bertz CT molecular complexity index is 752. The highest BCUT2D eigenvalue weighted by Crippen LogP contribution is 2.28. The number of aliphatic hydroxyl groups excluding tert-OH is 2. The molecule has 156 valence electrons. The Kier molecular flexibility index (Phi) is 7.74. The minimum atomic E-state index is -1.44. The Labute approximate surface area is 169 Å². The van der Waals surface area contributed by atoms with Gasteiger partial charge >= 0.3 is 5.97 Å². The summed E-state index contributed by atoms with van der Waals surface area (Å²) in [6, 6.07) is 19.0. The van der Waals surface area contributed by atoms with Gasteiger partial charge in [0, 0.05) is 6.92 Å². The molecule has 0 saturated carbocycles. The minimum Gasteiger partial charge on any atom is -0.454 e. The fourth-order valence-electron chi connectivity index (χ4n) is 3.28. The van der Waals surface area contributed by atoms with E-state index in [1.807, 2.05) is 60.7 Å². The van der Waals surface area contributed by atoms with E-state index in [4.69, 9.17) is 18.9 Å². The lowest BCUT2D eigenvalue weighted by atomic mass is 9.98. The first kappa shape index (κ1) is 21.4. The maximum absolute atomic E-state index is 11.6. The zero-order valence-electron chi connectivity index (χ0n) is 16.2. The number of esters is 1. The highest BCUT2D eigenvalue weighted by atomic mass is 16.7. The van der Waals surface area contributed by atoms with Crippen LogP contribution in [0.2, 0.25) is 0 Å². The zero-order chi connectivity index (χ0) is 20.6. The Morgan fingerprint density at radius 3 is 1.90 bits per heavy atom. The summed E-state index contributed by atoms with van der Waals surface area (Å²) in [6.45, 7) is 1.34. The lowest BCUT2D eigenvalue weighted by molar-refractivity contribution is -0.307. The summed E-state index contributed by atoms with van der Waals surface area (Å²) in [7, 11) is 0. The number of ether oxygens (including phenoxy) is 4. The van der Waals surface area contributed by atoms with Gasteiger partial charge in [-0.1, -0.05) is 60.7 Å². The Balaban J connectivity index is 1.80. The lowest BCUT2D eigenvalue weighted by Gasteiger charge is -2.43. The summed E-state index contributed by atoms with van der Waals surface area (Å²) in [5, 5.41) is 20.1. The highest BCUT2D eigenvalue weighted by Gasteiger charge is 2.48. The first-order chi connectivity index (χ1) is 14.1. The Morgan fingerprint density at radius 1 is 0.897 bits per heavy atom. The lowest BCUT2D eigenvalue weighted by Crippen LogP contribution is -2.61. The van der Waals surface area contributed by atoms with E-state index in [2.05, 4.69) is 0 Å². The van der Waals surface area contributed by atoms with Gasteiger partial charge in [-0.15, -0.1) is 0 Å². The summed E-state index contributed by atoms with van der Waals surface area (Å²) in [6.07, 6.45) is -4.94. The summed E-state index contributed by atoms with van der Waals surface area (Å²) in [5.41, 5.74) is 1.85. The van der Waals surface area contributed by atoms with Crippen molar-refractivity contribution in [3.63, 3.8) is 0 Å². The Morgan fingerprint density at radius 2 is 1.41 bits per heavy atom. The molecule has 5 atom stereocenters. The van der Waals surface area contributed by atoms with Crippen LogP contribution in [0.1, 0.15) is 18.1 Å². The minimum absolute atomic E-state index is 0.222. The average molecular weight is 402 g/mol. The molecule has 7 heteroatoms. The molecule has 2 aromatic carbocycles. The molecule has 0 spiro atoms. The molecule has 7 nitrogen and oxygen atoms in total. The number of carbonyl (C=O) groups excluding carboxylic acids is 1. The van der Waals surface area contributed by atoms with Crippen LogP contribution in [0.5, 0.6) is 0 Å². The standard InChI is InChI=1S/C22H26O7/c1-15(24)28-21-20(27-14-17-10-6-3-7-11-17)19(18(12-23)29-22(21)25)26-13-16-8-4-2-5-9-16/h2-11,18-23,25H,12-14H2,1H3/t18-,19-,20+,21-,22-/m1/s1. The summed E-state index contributed by atoms with van der Waals surface area (Å²) in [4.78, 5) is 11.6. The van der Waals surface area contributed by atoms with Crippen molar-refractivity contribution >= 4 is 5.97 Å². The molecule has 1 heterocycles. The van der Waals surface area contributed by atoms with E-state index in [-0.39, 0.29) is 19.8 Å². The fraction of sp³-hybridized carbons (Fsp3) is 0.409. The van der Waals surface area contributed by atoms with Gasteiger partial charge in [-0.3, -0.25) is 4.79 Å². The molecule has 29 heavy (non-hydrogen) atoms. The number of hydrogen-bond donors (Lipinski definition) is 2. The third-order valence-electron chi connectivity index (χ3n) is 4.66. The molecule has 0 aromatic heterocycles. The first-order valence-corrected chi connectivity index (χ1v) is 9.51. The van der Waals surface area contributed by atoms with Gasteiger partial charge in [-0.05, 0) is 11.1 Å². The predicted octanol–water partition coefficient (Wildman–Crippen LogP) is 1.80. The smallest absolute Gasteiger partial charge is 0.303 e. The van der Waals surface area contributed by atoms with Gasteiger partial charge in [-0.2, -0.15) is 0 Å². The van der Waals surface area contributed by atoms with Crippen molar-refractivity contribution in [1.82, 2.24) is 0 Å². The third-order valence-corrected chi connectivity index (χ3v) is 4.66. The van der Waals surface area contributed by atoms with Gasteiger partial charge in [0.15, 0.2) is 12.4 Å². The molecule has 2 N–H and O–H groups in total. The second-order valence-electron chi connectivity index (χ2n) is 6.84. The fourth-order valence-corrected chi connectivity index (χ4v) is 3.28. The van der Waals surface area contributed by atoms with E-state index in [0.717, 1.165) is 11.1 Å². The molecule has 0 unspecified atom stereocenters. The van der Waals surface area contributed by atoms with Crippen molar-refractivity contribution in [2.75, 3.05) is 6.61 Å². The normalized spacial score (nSPS) is 26.8. The van der Waals surface area contributed by atoms with Gasteiger partial charge < -0.3 is 29.2 Å². The number of hydrogen-bond acceptors (Lipinski definition) is 7. The van der Waals surface area contributed by atoms with Crippen molar-refractivity contribution in [1.29, 1.82) is 0 Å². The monoisotopic (exact) mass is 402 g/mol. The van der Waals surface area contributed by atoms with E-state index in [1.165, 1.54) is 6.92 Å². The van der Waals surface area contributed by atoms with Crippen LogP contribution in [0.3, 0.4) is 0 Å². The molecular weight excluding hydrogens is 376 g/mol. The van der Waals surface area contributed by atoms with Crippen molar-refractivity contribution in [3.8, 4) is 0 Å². The second-order valence-corrected chi connectivity index (χ2v) is 6.84. The SMILES string of the molecule is CC(=O)O[C@@H]1[C@@H](OCc2ccccc2)[C@H](OCc2ccccc2)[C@@H](CO)O[C@H]1O. The van der Waals surface area contributed by atoms with E-state index >= 15 is 0 Å². The van der Waals surface area contributed by atoms with Crippen LogP contribution in [-0.4, -0.2) is 53.5 Å². The van der Waals surface area contributed by atoms with Crippen molar-refractivity contribution in [3.05, 3.63) is 71.8 Å². The summed E-state index contributed by atoms with van der Waals surface area (Å²) in [5.74, 6) is -0.574. The molecule has 1 fully saturated rings. The predicted molar refractivity (Wildman–Crippen MR) is 104 cm³/mol. The zero-order valence-corrected chi connectivity index (χ0v) is 16.2. The largest absolute Gasteiger partial charge is 0.454 e. The van der Waals surface area contributed by atoms with Gasteiger partial charge in [0.05, 0.1) is 19.8 Å². The molecule has 0 bridgehead atoms. The van der Waals surface area contributed by atoms with E-state index in [0.29, 0.717) is 0 Å². The molecule has 3 rings (SSSR count). The van der Waals surface area contributed by atoms with Crippen LogP contribution < -0.4 is 0 Å². The van der Waals surface area contributed by atoms with Crippen LogP contribution in [0.15, 0.2) is 60.7 Å². The van der Waals surface area contributed by atoms with E-state index in [1.54, 1.807) is 0 Å². The molecule has 1 aliphatic rings. The van der Waals surface area contributed by atoms with Crippen LogP contribution in [0.25, 0.3) is 0 Å². The number of rotatable bonds is 8. The van der Waals surface area contributed by atoms with Gasteiger partial charge in [0.25, 0.3) is 0 Å². The Hall–Kier alpha value is -2.29. The maximum Gasteiger partial charge on any atom is 0.303 e. The molecule has 2 aromatic rings. The molecule has 0 radical (unpaired) electrons. The molecule has 0 amide bonds. The van der Waals surface area contributed by atoms with Crippen LogP contribution in [-0.2, 0) is 37.0 Å². The number of aliphatic hydroxyl groups is 2. The van der Waals surface area contributed by atoms with Crippen LogP contribution >= 0.6 is 0 Å². The van der Waals surface area contributed by atoms with Crippen molar-refractivity contribution in [2.45, 2.75) is 50.8 Å². The maximum atomic E-state index is 11.6. The quantitative estimate of drug-likeness (QED) is 0.650. The van der Waals surface area contributed by atoms with Gasteiger partial charge in [-0.25, -0.2) is 0 Å². The topological polar surface area (TPSA) is 94.5 Å². The van der Waals surface area contributed by atoms with E-state index in [9.17, 15) is 15.0 Å². The second kappa shape index (κ2) is 10.5. The third kappa shape index (κ3) is 5.85. The summed E-state index contributed by atoms with van der Waals surface area (Å²) < 4.78 is 22.8. The molecule has 0 aliphatic carbocycles. The van der Waals surface area contributed by atoms with Crippen molar-refractivity contribution < 1.29 is 34.0 Å². The number of carbonyl (C=O) groups is 1. The molecule has 1 saturated heterocycles. The van der Waals surface area contributed by atoms with Gasteiger partial charge in [0.2, 0.25) is 0 Å². The highest BCUT2D eigenvalue weighted by molar-refractivity contribution is 5.66. The molecule has 1 aliphatic heterocycles.